The number of nitrogens with two attached hydrogens (primary N) is 1. The third-order valence-corrected chi connectivity index (χ3v) is 4.32. The molecule has 1 atom stereocenters. The van der Waals surface area contributed by atoms with E-state index in [1.165, 1.54) is 0 Å². The van der Waals surface area contributed by atoms with Crippen LogP contribution < -0.4 is 10.5 Å². The third-order valence-electron chi connectivity index (χ3n) is 3.14. The van der Waals surface area contributed by atoms with Crippen LogP contribution in [0.5, 0.6) is 5.75 Å². The smallest absolute Gasteiger partial charge is 0.170 e. The molecule has 0 saturated carbocycles. The summed E-state index contributed by atoms with van der Waals surface area (Å²) in [7, 11) is 1.92. The Morgan fingerprint density at radius 2 is 1.90 bits per heavy atom. The first-order valence-electron chi connectivity index (χ1n) is 6.59. The predicted octanol–water partition coefficient (Wildman–Crippen LogP) is 3.12. The molecule has 2 N–H and O–H groups in total. The van der Waals surface area contributed by atoms with E-state index >= 15 is 0 Å². The molecule has 0 spiro atoms. The number of nitrogens with zero attached hydrogens (tertiary/aromatic N) is 3. The predicted molar refractivity (Wildman–Crippen MR) is 89.3 cm³/mol. The fourth-order valence-corrected chi connectivity index (χ4v) is 3.46. The van der Waals surface area contributed by atoms with Crippen LogP contribution in [0.2, 0.25) is 0 Å². The summed E-state index contributed by atoms with van der Waals surface area (Å²) in [6.45, 7) is 4.26. The van der Waals surface area contributed by atoms with Crippen molar-refractivity contribution in [3.63, 3.8) is 0 Å². The minimum absolute atomic E-state index is 0.122. The number of rotatable bonds is 5. The Bertz CT molecular complexity index is 617. The first kappa shape index (κ1) is 16.5. The van der Waals surface area contributed by atoms with E-state index in [0.29, 0.717) is 6.61 Å². The number of aryl methyl sites for hydroxylation is 1. The number of hydrogen-bond donors (Lipinski definition) is 1. The number of aromatic nitrogens is 3. The standard InChI is InChI=1S/C14H18Br2N4O/c1-8(17)4-10-5-11(15)14(12(16)6-10)21-7-13-19-18-9(2)20(13)3/h5-6,8H,4,7,17H2,1-3H3. The molecule has 0 aliphatic rings. The van der Waals surface area contributed by atoms with Gasteiger partial charge in [0.25, 0.3) is 0 Å². The van der Waals surface area contributed by atoms with Crippen LogP contribution >= 0.6 is 31.9 Å². The van der Waals surface area contributed by atoms with Gasteiger partial charge in [-0.15, -0.1) is 10.2 Å². The number of benzene rings is 1. The molecule has 114 valence electrons. The largest absolute Gasteiger partial charge is 0.483 e. The van der Waals surface area contributed by atoms with Gasteiger partial charge >= 0.3 is 0 Å². The number of ether oxygens (including phenoxy) is 1. The lowest BCUT2D eigenvalue weighted by molar-refractivity contribution is 0.287. The van der Waals surface area contributed by atoms with Crippen molar-refractivity contribution in [3.8, 4) is 5.75 Å². The van der Waals surface area contributed by atoms with Crippen molar-refractivity contribution in [1.29, 1.82) is 0 Å². The highest BCUT2D eigenvalue weighted by Crippen LogP contribution is 2.35. The summed E-state index contributed by atoms with van der Waals surface area (Å²) >= 11 is 7.09. The lowest BCUT2D eigenvalue weighted by atomic mass is 10.1. The summed E-state index contributed by atoms with van der Waals surface area (Å²) in [5.74, 6) is 2.40. The van der Waals surface area contributed by atoms with Gasteiger partial charge in [0, 0.05) is 13.1 Å². The van der Waals surface area contributed by atoms with Gasteiger partial charge in [0.1, 0.15) is 18.2 Å². The molecular weight excluding hydrogens is 400 g/mol. The monoisotopic (exact) mass is 416 g/mol. The second-order valence-electron chi connectivity index (χ2n) is 5.08. The van der Waals surface area contributed by atoms with E-state index < -0.39 is 0 Å². The van der Waals surface area contributed by atoms with Crippen molar-refractivity contribution >= 4 is 31.9 Å². The van der Waals surface area contributed by atoms with Crippen LogP contribution in [0.4, 0.5) is 0 Å². The van der Waals surface area contributed by atoms with Crippen LogP contribution in [0.1, 0.15) is 24.1 Å². The van der Waals surface area contributed by atoms with Crippen molar-refractivity contribution in [1.82, 2.24) is 14.8 Å². The minimum Gasteiger partial charge on any atom is -0.483 e. The van der Waals surface area contributed by atoms with Gasteiger partial charge in [0.05, 0.1) is 8.95 Å². The van der Waals surface area contributed by atoms with Crippen LogP contribution in [0.3, 0.4) is 0 Å². The fraction of sp³-hybridized carbons (Fsp3) is 0.429. The van der Waals surface area contributed by atoms with Crippen LogP contribution in [0, 0.1) is 6.92 Å². The second-order valence-corrected chi connectivity index (χ2v) is 6.79. The third kappa shape index (κ3) is 4.05. The van der Waals surface area contributed by atoms with Crippen LogP contribution in [-0.4, -0.2) is 20.8 Å². The first-order chi connectivity index (χ1) is 9.88. The molecule has 1 aromatic carbocycles. The Labute approximate surface area is 141 Å². The first-order valence-corrected chi connectivity index (χ1v) is 8.18. The van der Waals surface area contributed by atoms with E-state index in [1.54, 1.807) is 0 Å². The zero-order valence-electron chi connectivity index (χ0n) is 12.2. The molecule has 0 saturated heterocycles. The van der Waals surface area contributed by atoms with Crippen LogP contribution in [0.15, 0.2) is 21.1 Å². The molecule has 0 aliphatic heterocycles. The zero-order chi connectivity index (χ0) is 15.6. The summed E-state index contributed by atoms with van der Waals surface area (Å²) in [6.07, 6.45) is 0.819. The topological polar surface area (TPSA) is 66.0 Å². The van der Waals surface area contributed by atoms with Crippen molar-refractivity contribution in [2.45, 2.75) is 32.9 Å². The Morgan fingerprint density at radius 3 is 2.38 bits per heavy atom. The summed E-state index contributed by atoms with van der Waals surface area (Å²) < 4.78 is 9.56. The maximum Gasteiger partial charge on any atom is 0.170 e. The average molecular weight is 418 g/mol. The van der Waals surface area contributed by atoms with E-state index in [2.05, 4.69) is 42.1 Å². The highest BCUT2D eigenvalue weighted by molar-refractivity contribution is 9.11. The summed E-state index contributed by atoms with van der Waals surface area (Å²) in [6, 6.07) is 4.19. The lowest BCUT2D eigenvalue weighted by Crippen LogP contribution is -2.17. The Morgan fingerprint density at radius 1 is 1.29 bits per heavy atom. The van der Waals surface area contributed by atoms with E-state index in [0.717, 1.165) is 38.3 Å². The molecule has 0 amide bonds. The fourth-order valence-electron chi connectivity index (χ4n) is 1.95. The molecule has 0 aliphatic carbocycles. The molecule has 1 aromatic heterocycles. The van der Waals surface area contributed by atoms with Gasteiger partial charge in [-0.25, -0.2) is 0 Å². The van der Waals surface area contributed by atoms with E-state index in [1.807, 2.05) is 37.6 Å². The second kappa shape index (κ2) is 6.89. The quantitative estimate of drug-likeness (QED) is 0.811. The molecule has 21 heavy (non-hydrogen) atoms. The molecule has 0 fully saturated rings. The van der Waals surface area contributed by atoms with Gasteiger partial charge in [-0.05, 0) is 69.8 Å². The highest BCUT2D eigenvalue weighted by Gasteiger charge is 2.12. The Kier molecular flexibility index (Phi) is 5.40. The molecule has 5 nitrogen and oxygen atoms in total. The summed E-state index contributed by atoms with van der Waals surface area (Å²) in [5.41, 5.74) is 6.99. The van der Waals surface area contributed by atoms with Gasteiger partial charge in [0.2, 0.25) is 0 Å². The summed E-state index contributed by atoms with van der Waals surface area (Å²) in [4.78, 5) is 0. The molecule has 2 aromatic rings. The van der Waals surface area contributed by atoms with Gasteiger partial charge < -0.3 is 15.0 Å². The van der Waals surface area contributed by atoms with Gasteiger partial charge in [-0.3, -0.25) is 0 Å². The van der Waals surface area contributed by atoms with E-state index in [9.17, 15) is 0 Å². The minimum atomic E-state index is 0.122. The molecule has 0 bridgehead atoms. The van der Waals surface area contributed by atoms with Crippen LogP contribution in [0.25, 0.3) is 0 Å². The molecule has 1 heterocycles. The molecule has 7 heteroatoms. The SMILES string of the molecule is Cc1nnc(COc2c(Br)cc(CC(C)N)cc2Br)n1C. The number of hydrogen-bond acceptors (Lipinski definition) is 4. The summed E-state index contributed by atoms with van der Waals surface area (Å²) in [5, 5.41) is 8.10. The van der Waals surface area contributed by atoms with Crippen molar-refractivity contribution < 1.29 is 4.74 Å². The number of halogens is 2. The van der Waals surface area contributed by atoms with Gasteiger partial charge in [-0.1, -0.05) is 0 Å². The maximum atomic E-state index is 5.86. The molecular formula is C14H18Br2N4O. The van der Waals surface area contributed by atoms with Gasteiger partial charge in [0.15, 0.2) is 5.82 Å². The van der Waals surface area contributed by atoms with E-state index in [-0.39, 0.29) is 6.04 Å². The van der Waals surface area contributed by atoms with Crippen molar-refractivity contribution in [2.75, 3.05) is 0 Å². The normalized spacial score (nSPS) is 12.5. The maximum absolute atomic E-state index is 5.86. The lowest BCUT2D eigenvalue weighted by Gasteiger charge is -2.13. The highest BCUT2D eigenvalue weighted by atomic mass is 79.9. The van der Waals surface area contributed by atoms with Crippen molar-refractivity contribution in [2.24, 2.45) is 12.8 Å². The van der Waals surface area contributed by atoms with E-state index in [4.69, 9.17) is 10.5 Å². The average Bonchev–Trinajstić information content (AvgIpc) is 2.68. The molecule has 1 unspecified atom stereocenters. The Hall–Kier alpha value is -0.920. The Balaban J connectivity index is 2.15. The van der Waals surface area contributed by atoms with Gasteiger partial charge in [-0.2, -0.15) is 0 Å². The molecule has 0 radical (unpaired) electrons. The zero-order valence-corrected chi connectivity index (χ0v) is 15.4. The van der Waals surface area contributed by atoms with Crippen LogP contribution in [-0.2, 0) is 20.1 Å². The molecule has 2 rings (SSSR count). The van der Waals surface area contributed by atoms with Crippen molar-refractivity contribution in [3.05, 3.63) is 38.3 Å².